The van der Waals surface area contributed by atoms with Crippen molar-refractivity contribution < 1.29 is 0 Å². The normalized spacial score (nSPS) is 10.1. The van der Waals surface area contributed by atoms with Gasteiger partial charge in [-0.1, -0.05) is 20.3 Å². The quantitative estimate of drug-likeness (QED) is 0.692. The summed E-state index contributed by atoms with van der Waals surface area (Å²) in [5.74, 6) is 0. The summed E-state index contributed by atoms with van der Waals surface area (Å²) in [6.07, 6.45) is 8.24. The van der Waals surface area contributed by atoms with Gasteiger partial charge < -0.3 is 4.90 Å². The molecule has 0 saturated heterocycles. The Morgan fingerprint density at radius 3 is 2.71 bits per heavy atom. The lowest BCUT2D eigenvalue weighted by Crippen LogP contribution is -2.25. The van der Waals surface area contributed by atoms with Gasteiger partial charge in [0.05, 0.1) is 11.9 Å². The van der Waals surface area contributed by atoms with E-state index in [1.807, 2.05) is 6.07 Å². The molecule has 0 fully saturated rings. The van der Waals surface area contributed by atoms with Crippen molar-refractivity contribution in [2.75, 3.05) is 18.0 Å². The summed E-state index contributed by atoms with van der Waals surface area (Å²) in [5, 5.41) is 7.52. The summed E-state index contributed by atoms with van der Waals surface area (Å²) in [5.41, 5.74) is 1.07. The number of hydrogen-bond acceptors (Lipinski definition) is 3. The van der Waals surface area contributed by atoms with E-state index in [-0.39, 0.29) is 0 Å². The molecular weight excluding hydrogens is 174 g/mol. The molecule has 1 heterocycles. The van der Waals surface area contributed by atoms with Crippen molar-refractivity contribution in [1.29, 1.82) is 0 Å². The first-order valence-electron chi connectivity index (χ1n) is 5.32. The Balaban J connectivity index is 2.58. The van der Waals surface area contributed by atoms with E-state index in [1.54, 1.807) is 6.20 Å². The van der Waals surface area contributed by atoms with Crippen LogP contribution in [-0.2, 0) is 0 Å². The van der Waals surface area contributed by atoms with Crippen molar-refractivity contribution in [3.05, 3.63) is 18.5 Å². The molecule has 1 aromatic heterocycles. The molecule has 0 N–H and O–H groups in total. The highest BCUT2D eigenvalue weighted by Crippen LogP contribution is 2.11. The molecule has 0 amide bonds. The summed E-state index contributed by atoms with van der Waals surface area (Å²) < 4.78 is 0. The molecule has 1 rings (SSSR count). The third kappa shape index (κ3) is 3.32. The minimum atomic E-state index is 1.07. The molecule has 0 unspecified atom stereocenters. The first-order valence-corrected chi connectivity index (χ1v) is 5.32. The van der Waals surface area contributed by atoms with Gasteiger partial charge in [-0.2, -0.15) is 5.10 Å². The second-order valence-corrected chi connectivity index (χ2v) is 3.37. The van der Waals surface area contributed by atoms with Crippen molar-refractivity contribution in [2.24, 2.45) is 0 Å². The Morgan fingerprint density at radius 2 is 2.14 bits per heavy atom. The van der Waals surface area contributed by atoms with Crippen LogP contribution >= 0.6 is 0 Å². The number of nitrogens with zero attached hydrogens (tertiary/aromatic N) is 3. The Hall–Kier alpha value is -1.12. The maximum atomic E-state index is 3.78. The van der Waals surface area contributed by atoms with Crippen LogP contribution in [0.15, 0.2) is 12.3 Å². The highest BCUT2D eigenvalue weighted by molar-refractivity contribution is 5.41. The number of hydrogen-bond donors (Lipinski definition) is 0. The second-order valence-electron chi connectivity index (χ2n) is 3.37. The molecule has 0 aliphatic heterocycles. The zero-order valence-electron chi connectivity index (χ0n) is 9.03. The van der Waals surface area contributed by atoms with E-state index in [2.05, 4.69) is 35.1 Å². The van der Waals surface area contributed by atoms with E-state index in [1.165, 1.54) is 12.8 Å². The van der Waals surface area contributed by atoms with Crippen molar-refractivity contribution in [2.45, 2.75) is 33.1 Å². The van der Waals surface area contributed by atoms with E-state index < -0.39 is 0 Å². The molecule has 0 saturated carbocycles. The molecule has 0 aliphatic carbocycles. The molecule has 3 nitrogen and oxygen atoms in total. The molecule has 0 spiro atoms. The molecule has 0 bridgehead atoms. The van der Waals surface area contributed by atoms with E-state index in [0.717, 1.165) is 25.2 Å². The summed E-state index contributed by atoms with van der Waals surface area (Å²) in [4.78, 5) is 2.32. The molecule has 0 atom stereocenters. The van der Waals surface area contributed by atoms with Gasteiger partial charge in [0.2, 0.25) is 0 Å². The fraction of sp³-hybridized carbons (Fsp3) is 0.636. The van der Waals surface area contributed by atoms with E-state index >= 15 is 0 Å². The number of unbranched alkanes of at least 4 members (excludes halogenated alkanes) is 1. The smallest absolute Gasteiger partial charge is 0.139 e. The van der Waals surface area contributed by atoms with Crippen molar-refractivity contribution >= 4 is 5.69 Å². The molecular formula is C11H18N3. The highest BCUT2D eigenvalue weighted by atomic mass is 15.2. The molecule has 1 radical (unpaired) electrons. The van der Waals surface area contributed by atoms with Gasteiger partial charge in [-0.15, -0.1) is 5.10 Å². The number of anilines is 1. The van der Waals surface area contributed by atoms with Crippen LogP contribution in [-0.4, -0.2) is 23.3 Å². The summed E-state index contributed by atoms with van der Waals surface area (Å²) in [6, 6.07) is 1.97. The summed E-state index contributed by atoms with van der Waals surface area (Å²) >= 11 is 0. The van der Waals surface area contributed by atoms with Crippen LogP contribution in [0, 0.1) is 6.20 Å². The lowest BCUT2D eigenvalue weighted by molar-refractivity contribution is 0.701. The Kier molecular flexibility index (Phi) is 4.97. The lowest BCUT2D eigenvalue weighted by Gasteiger charge is -2.22. The lowest BCUT2D eigenvalue weighted by atomic mass is 10.2. The van der Waals surface area contributed by atoms with Gasteiger partial charge in [0.15, 0.2) is 0 Å². The van der Waals surface area contributed by atoms with Gasteiger partial charge in [-0.3, -0.25) is 0 Å². The third-order valence-electron chi connectivity index (χ3n) is 2.14. The maximum Gasteiger partial charge on any atom is 0.139 e. The summed E-state index contributed by atoms with van der Waals surface area (Å²) in [7, 11) is 0. The average Bonchev–Trinajstić information content (AvgIpc) is 2.25. The largest absolute Gasteiger partial charge is 0.370 e. The first kappa shape index (κ1) is 11.0. The predicted octanol–water partition coefficient (Wildman–Crippen LogP) is 2.29. The molecule has 3 heteroatoms. The van der Waals surface area contributed by atoms with Crippen LogP contribution < -0.4 is 4.90 Å². The van der Waals surface area contributed by atoms with E-state index in [9.17, 15) is 0 Å². The zero-order chi connectivity index (χ0) is 10.2. The van der Waals surface area contributed by atoms with E-state index in [0.29, 0.717) is 0 Å². The standard InChI is InChI=1S/C11H18N3/c1-3-5-9-14(8-4-2)11-6-7-12-13-10-11/h6-7H,3-5,8-9H2,1-2H3. The minimum absolute atomic E-state index is 1.07. The van der Waals surface area contributed by atoms with Crippen molar-refractivity contribution in [3.63, 3.8) is 0 Å². The molecule has 14 heavy (non-hydrogen) atoms. The van der Waals surface area contributed by atoms with Crippen LogP contribution in [0.5, 0.6) is 0 Å². The van der Waals surface area contributed by atoms with Crippen LogP contribution in [0.2, 0.25) is 0 Å². The molecule has 0 aliphatic rings. The monoisotopic (exact) mass is 192 g/mol. The van der Waals surface area contributed by atoms with Gasteiger partial charge in [0, 0.05) is 13.1 Å². The molecule has 77 valence electrons. The topological polar surface area (TPSA) is 29.0 Å². The van der Waals surface area contributed by atoms with Gasteiger partial charge in [0.25, 0.3) is 0 Å². The molecule has 0 aromatic carbocycles. The first-order chi connectivity index (χ1) is 6.88. The maximum absolute atomic E-state index is 3.78. The van der Waals surface area contributed by atoms with Gasteiger partial charge >= 0.3 is 0 Å². The fourth-order valence-electron chi connectivity index (χ4n) is 1.40. The van der Waals surface area contributed by atoms with Crippen molar-refractivity contribution in [3.8, 4) is 0 Å². The van der Waals surface area contributed by atoms with E-state index in [4.69, 9.17) is 0 Å². The SMILES string of the molecule is CCCCN(CCC)c1[c]nncc1. The van der Waals surface area contributed by atoms with Crippen LogP contribution in [0.3, 0.4) is 0 Å². The van der Waals surface area contributed by atoms with Gasteiger partial charge in [0.1, 0.15) is 6.20 Å². The minimum Gasteiger partial charge on any atom is -0.370 e. The number of rotatable bonds is 6. The van der Waals surface area contributed by atoms with Crippen LogP contribution in [0.25, 0.3) is 0 Å². The Bertz CT molecular complexity index is 236. The van der Waals surface area contributed by atoms with Gasteiger partial charge in [-0.25, -0.2) is 0 Å². The van der Waals surface area contributed by atoms with Crippen LogP contribution in [0.1, 0.15) is 33.1 Å². The molecule has 1 aromatic rings. The van der Waals surface area contributed by atoms with Crippen molar-refractivity contribution in [1.82, 2.24) is 10.2 Å². The van der Waals surface area contributed by atoms with Gasteiger partial charge in [-0.05, 0) is 18.9 Å². The number of aromatic nitrogens is 2. The highest BCUT2D eigenvalue weighted by Gasteiger charge is 2.04. The Labute approximate surface area is 86.2 Å². The summed E-state index contributed by atoms with van der Waals surface area (Å²) in [6.45, 7) is 6.56. The Morgan fingerprint density at radius 1 is 1.29 bits per heavy atom. The van der Waals surface area contributed by atoms with Crippen LogP contribution in [0.4, 0.5) is 5.69 Å². The zero-order valence-corrected chi connectivity index (χ0v) is 9.03. The third-order valence-corrected chi connectivity index (χ3v) is 2.14. The predicted molar refractivity (Wildman–Crippen MR) is 58.3 cm³/mol. The second kappa shape index (κ2) is 6.35. The fourth-order valence-corrected chi connectivity index (χ4v) is 1.40. The average molecular weight is 192 g/mol.